The van der Waals surface area contributed by atoms with Crippen LogP contribution in [0, 0.1) is 34.5 Å². The van der Waals surface area contributed by atoms with Gasteiger partial charge < -0.3 is 20.3 Å². The Hall–Kier alpha value is -1.78. The van der Waals surface area contributed by atoms with Crippen LogP contribution in [0.1, 0.15) is 103 Å². The Balaban J connectivity index is 0.989. The minimum atomic E-state index is -0.0502. The lowest BCUT2D eigenvalue weighted by Gasteiger charge is -2.60. The van der Waals surface area contributed by atoms with Crippen LogP contribution >= 0.6 is 0 Å². The molecular weight excluding hydrogens is 470 g/mol. The predicted octanol–water partition coefficient (Wildman–Crippen LogP) is 7.91. The van der Waals surface area contributed by atoms with Crippen molar-refractivity contribution in [3.63, 3.8) is 0 Å². The van der Waals surface area contributed by atoms with Crippen LogP contribution < -0.4 is 10.5 Å². The maximum absolute atomic E-state index is 10.3. The van der Waals surface area contributed by atoms with Gasteiger partial charge in [0.25, 0.3) is 0 Å². The highest BCUT2D eigenvalue weighted by Gasteiger charge is 2.60. The van der Waals surface area contributed by atoms with E-state index in [4.69, 9.17) is 15.2 Å². The molecule has 208 valence electrons. The van der Waals surface area contributed by atoms with Gasteiger partial charge >= 0.3 is 0 Å². The van der Waals surface area contributed by atoms with Gasteiger partial charge in [-0.05, 0) is 135 Å². The van der Waals surface area contributed by atoms with Gasteiger partial charge in [-0.3, -0.25) is 0 Å². The van der Waals surface area contributed by atoms with Crippen LogP contribution in [0.4, 0.5) is 5.69 Å². The third-order valence-electron chi connectivity index (χ3n) is 11.9. The molecule has 4 fully saturated rings. The average Bonchev–Trinajstić information content (AvgIpc) is 3.22. The largest absolute Gasteiger partial charge is 0.457 e. The van der Waals surface area contributed by atoms with Crippen LogP contribution in [0.2, 0.25) is 0 Å². The minimum Gasteiger partial charge on any atom is -0.457 e. The second kappa shape index (κ2) is 10.3. The van der Waals surface area contributed by atoms with Gasteiger partial charge in [0, 0.05) is 23.9 Å². The number of benzene rings is 1. The van der Waals surface area contributed by atoms with Crippen molar-refractivity contribution < 1.29 is 14.6 Å². The number of unbranched alkanes of at least 4 members (excludes halogenated alkanes) is 2. The van der Waals surface area contributed by atoms with E-state index in [1.54, 1.807) is 0 Å². The van der Waals surface area contributed by atoms with Crippen molar-refractivity contribution in [1.82, 2.24) is 0 Å². The summed E-state index contributed by atoms with van der Waals surface area (Å²) in [4.78, 5) is 0. The maximum atomic E-state index is 10.3. The highest BCUT2D eigenvalue weighted by Crippen LogP contribution is 2.66. The summed E-state index contributed by atoms with van der Waals surface area (Å²) in [7, 11) is 0. The van der Waals surface area contributed by atoms with Crippen molar-refractivity contribution in [1.29, 1.82) is 0 Å². The summed E-state index contributed by atoms with van der Waals surface area (Å²) in [5.74, 6) is 4.84. The molecule has 1 aliphatic heterocycles. The van der Waals surface area contributed by atoms with Crippen LogP contribution in [0.15, 0.2) is 36.6 Å². The SMILES string of the molecule is C=C1C=C(CCCCCO[C@H]2CC[C@H]3[C@@H]4CC[C@H]5C[C@H](O)CC[C@]5(C)[C@H]4CC[C@]23C)c2ccc(N)cc2O1. The third kappa shape index (κ3) is 4.64. The van der Waals surface area contributed by atoms with E-state index in [-0.39, 0.29) is 6.10 Å². The Morgan fingerprint density at radius 1 is 1.00 bits per heavy atom. The van der Waals surface area contributed by atoms with E-state index in [0.717, 1.165) is 79.4 Å². The molecule has 1 aromatic carbocycles. The van der Waals surface area contributed by atoms with E-state index in [0.29, 0.717) is 22.7 Å². The highest BCUT2D eigenvalue weighted by molar-refractivity contribution is 5.76. The first-order valence-electron chi connectivity index (χ1n) is 15.5. The number of aliphatic hydroxyl groups is 1. The molecule has 3 N–H and O–H groups in total. The molecule has 4 nitrogen and oxygen atoms in total. The fourth-order valence-electron chi connectivity index (χ4n) is 9.82. The zero-order valence-corrected chi connectivity index (χ0v) is 23.7. The van der Waals surface area contributed by atoms with Gasteiger partial charge in [0.15, 0.2) is 0 Å². The Morgan fingerprint density at radius 3 is 2.68 bits per heavy atom. The number of ether oxygens (including phenoxy) is 2. The van der Waals surface area contributed by atoms with E-state index in [1.165, 1.54) is 56.9 Å². The zero-order valence-electron chi connectivity index (χ0n) is 23.7. The van der Waals surface area contributed by atoms with Crippen LogP contribution in [-0.2, 0) is 4.74 Å². The molecule has 0 amide bonds. The van der Waals surface area contributed by atoms with E-state index in [1.807, 2.05) is 12.1 Å². The highest BCUT2D eigenvalue weighted by atomic mass is 16.5. The molecule has 0 saturated heterocycles. The van der Waals surface area contributed by atoms with Crippen LogP contribution in [0.25, 0.3) is 5.57 Å². The number of rotatable bonds is 7. The van der Waals surface area contributed by atoms with Gasteiger partial charge in [0.2, 0.25) is 0 Å². The average molecular weight is 520 g/mol. The second-order valence-electron chi connectivity index (χ2n) is 13.9. The lowest BCUT2D eigenvalue weighted by atomic mass is 9.45. The van der Waals surface area contributed by atoms with Gasteiger partial charge in [0.05, 0.1) is 12.2 Å². The number of allylic oxidation sites excluding steroid dienone is 2. The maximum Gasteiger partial charge on any atom is 0.136 e. The molecule has 4 saturated carbocycles. The summed E-state index contributed by atoms with van der Waals surface area (Å²) in [6.07, 6.45) is 18.3. The van der Waals surface area contributed by atoms with Gasteiger partial charge in [0.1, 0.15) is 11.5 Å². The van der Waals surface area contributed by atoms with Crippen molar-refractivity contribution in [2.24, 2.45) is 34.5 Å². The number of aliphatic hydroxyl groups excluding tert-OH is 1. The zero-order chi connectivity index (χ0) is 26.5. The smallest absolute Gasteiger partial charge is 0.136 e. The molecule has 1 heterocycles. The first-order chi connectivity index (χ1) is 18.3. The van der Waals surface area contributed by atoms with Crippen molar-refractivity contribution in [3.8, 4) is 5.75 Å². The van der Waals surface area contributed by atoms with Crippen LogP contribution in [0.3, 0.4) is 0 Å². The lowest BCUT2D eigenvalue weighted by molar-refractivity contribution is -0.141. The second-order valence-corrected chi connectivity index (χ2v) is 13.9. The molecule has 0 radical (unpaired) electrons. The summed E-state index contributed by atoms with van der Waals surface area (Å²) in [6, 6.07) is 5.92. The number of hydrogen-bond donors (Lipinski definition) is 2. The van der Waals surface area contributed by atoms with Gasteiger partial charge in [-0.1, -0.05) is 26.8 Å². The molecule has 0 unspecified atom stereocenters. The monoisotopic (exact) mass is 519 g/mol. The summed E-state index contributed by atoms with van der Waals surface area (Å²) in [5.41, 5.74) is 9.94. The molecule has 8 atom stereocenters. The fourth-order valence-corrected chi connectivity index (χ4v) is 9.82. The number of anilines is 1. The quantitative estimate of drug-likeness (QED) is 0.284. The van der Waals surface area contributed by atoms with Crippen molar-refractivity contribution in [2.45, 2.75) is 110 Å². The summed E-state index contributed by atoms with van der Waals surface area (Å²) >= 11 is 0. The van der Waals surface area contributed by atoms with E-state index in [2.05, 4.69) is 32.6 Å². The van der Waals surface area contributed by atoms with E-state index < -0.39 is 0 Å². The van der Waals surface area contributed by atoms with E-state index in [9.17, 15) is 5.11 Å². The summed E-state index contributed by atoms with van der Waals surface area (Å²) in [6.45, 7) is 10.1. The normalized spacial score (nSPS) is 39.9. The standard InChI is InChI=1S/C34H49NO3/c1-22-19-23(27-11-9-25(35)21-31(27)38-22)7-5-4-6-18-37-32-13-12-29-28-10-8-24-20-26(36)14-16-33(24,2)30(28)15-17-34(29,32)3/h9,11,19,21,24,26,28-30,32,36H,1,4-8,10,12-18,20,35H2,2-3H3/t24-,26+,28-,29-,30-,32-,33-,34-/m0/s1. The first kappa shape index (κ1) is 26.4. The fraction of sp³-hybridized carbons (Fsp3) is 0.706. The summed E-state index contributed by atoms with van der Waals surface area (Å²) < 4.78 is 12.5. The number of nitrogen functional groups attached to an aromatic ring is 1. The summed E-state index contributed by atoms with van der Waals surface area (Å²) in [5, 5.41) is 10.3. The van der Waals surface area contributed by atoms with Gasteiger partial charge in [-0.15, -0.1) is 0 Å². The van der Waals surface area contributed by atoms with E-state index >= 15 is 0 Å². The molecule has 1 aromatic rings. The third-order valence-corrected chi connectivity index (χ3v) is 11.9. The Morgan fingerprint density at radius 2 is 1.82 bits per heavy atom. The molecule has 5 aliphatic rings. The molecule has 6 rings (SSSR count). The van der Waals surface area contributed by atoms with Crippen molar-refractivity contribution >= 4 is 11.3 Å². The number of fused-ring (bicyclic) bond motifs is 6. The Kier molecular flexibility index (Phi) is 7.18. The number of hydrogen-bond acceptors (Lipinski definition) is 4. The predicted molar refractivity (Wildman–Crippen MR) is 155 cm³/mol. The molecule has 0 spiro atoms. The van der Waals surface area contributed by atoms with Crippen molar-refractivity contribution in [2.75, 3.05) is 12.3 Å². The Labute approximate surface area is 230 Å². The van der Waals surface area contributed by atoms with Crippen LogP contribution in [-0.4, -0.2) is 23.9 Å². The Bertz CT molecular complexity index is 1080. The number of nitrogens with two attached hydrogens (primary N) is 1. The topological polar surface area (TPSA) is 64.7 Å². The molecule has 4 heteroatoms. The molecule has 4 aliphatic carbocycles. The van der Waals surface area contributed by atoms with Gasteiger partial charge in [-0.2, -0.15) is 0 Å². The molecule has 0 aromatic heterocycles. The van der Waals surface area contributed by atoms with Crippen LogP contribution in [0.5, 0.6) is 5.75 Å². The molecular formula is C34H49NO3. The first-order valence-corrected chi connectivity index (χ1v) is 15.5. The van der Waals surface area contributed by atoms with Crippen molar-refractivity contribution in [3.05, 3.63) is 42.2 Å². The molecule has 0 bridgehead atoms. The lowest BCUT2D eigenvalue weighted by Crippen LogP contribution is -2.54. The van der Waals surface area contributed by atoms with Gasteiger partial charge in [-0.25, -0.2) is 0 Å². The minimum absolute atomic E-state index is 0.0502. The molecule has 38 heavy (non-hydrogen) atoms.